The van der Waals surface area contributed by atoms with Gasteiger partial charge in [-0.1, -0.05) is 73.0 Å². The highest BCUT2D eigenvalue weighted by atomic mass is 14.7. The molecule has 1 saturated carbocycles. The molecular weight excluding hydrogens is 252 g/mol. The van der Waals surface area contributed by atoms with Crippen LogP contribution in [0.1, 0.15) is 75.7 Å². The Hall–Kier alpha value is -0.260. The fourth-order valence-corrected chi connectivity index (χ4v) is 6.54. The molecule has 0 radical (unpaired) electrons. The van der Waals surface area contributed by atoms with E-state index in [1.54, 1.807) is 11.1 Å². The van der Waals surface area contributed by atoms with Crippen LogP contribution in [0, 0.1) is 46.3 Å². The molecule has 2 aliphatic carbocycles. The highest BCUT2D eigenvalue weighted by Gasteiger charge is 2.61. The van der Waals surface area contributed by atoms with Crippen LogP contribution in [0.5, 0.6) is 0 Å². The molecule has 21 heavy (non-hydrogen) atoms. The van der Waals surface area contributed by atoms with Gasteiger partial charge in [0, 0.05) is 0 Å². The summed E-state index contributed by atoms with van der Waals surface area (Å²) in [5.41, 5.74) is 4.24. The fraction of sp³-hybridized carbons (Fsp3) is 0.905. The van der Waals surface area contributed by atoms with Crippen molar-refractivity contribution in [3.8, 4) is 0 Å². The van der Waals surface area contributed by atoms with Crippen LogP contribution in [0.25, 0.3) is 0 Å². The van der Waals surface area contributed by atoms with E-state index in [4.69, 9.17) is 0 Å². The zero-order chi connectivity index (χ0) is 16.3. The van der Waals surface area contributed by atoms with E-state index in [1.165, 1.54) is 6.42 Å². The SMILES string of the molecule is CC[C@]1(C)C(C)C(C)C(C)[C@]2(C)C(C)=C(C)C(C)C(C)C12. The van der Waals surface area contributed by atoms with Gasteiger partial charge in [0.05, 0.1) is 0 Å². The van der Waals surface area contributed by atoms with Crippen molar-refractivity contribution >= 4 is 0 Å². The van der Waals surface area contributed by atoms with Crippen LogP contribution in [0.4, 0.5) is 0 Å². The zero-order valence-corrected chi connectivity index (χ0v) is 16.2. The van der Waals surface area contributed by atoms with E-state index in [9.17, 15) is 0 Å². The summed E-state index contributed by atoms with van der Waals surface area (Å²) in [6.07, 6.45) is 1.31. The van der Waals surface area contributed by atoms with E-state index in [0.29, 0.717) is 10.8 Å². The molecule has 0 aromatic carbocycles. The molecule has 6 unspecified atom stereocenters. The first-order chi connectivity index (χ1) is 9.55. The fourth-order valence-electron chi connectivity index (χ4n) is 6.54. The smallest absolute Gasteiger partial charge is 0.00520 e. The number of allylic oxidation sites excluding steroid dienone is 2. The van der Waals surface area contributed by atoms with E-state index in [-0.39, 0.29) is 0 Å². The van der Waals surface area contributed by atoms with E-state index in [1.807, 2.05) is 0 Å². The van der Waals surface area contributed by atoms with Crippen molar-refractivity contribution in [3.63, 3.8) is 0 Å². The molecule has 0 nitrogen and oxygen atoms in total. The Morgan fingerprint density at radius 1 is 0.857 bits per heavy atom. The molecule has 1 fully saturated rings. The highest BCUT2D eigenvalue weighted by Crippen LogP contribution is 2.68. The van der Waals surface area contributed by atoms with Gasteiger partial charge in [0.25, 0.3) is 0 Å². The average Bonchev–Trinajstić information content (AvgIpc) is 2.47. The summed E-state index contributed by atoms with van der Waals surface area (Å²) in [4.78, 5) is 0. The van der Waals surface area contributed by atoms with E-state index < -0.39 is 0 Å². The summed E-state index contributed by atoms with van der Waals surface area (Å²) in [5, 5.41) is 0. The van der Waals surface area contributed by atoms with Crippen molar-refractivity contribution in [3.05, 3.63) is 11.1 Å². The lowest BCUT2D eigenvalue weighted by atomic mass is 9.38. The van der Waals surface area contributed by atoms with Crippen LogP contribution in [-0.2, 0) is 0 Å². The molecule has 122 valence electrons. The number of hydrogen-bond donors (Lipinski definition) is 0. The minimum absolute atomic E-state index is 0.382. The van der Waals surface area contributed by atoms with Gasteiger partial charge in [-0.05, 0) is 60.2 Å². The molecule has 0 heterocycles. The van der Waals surface area contributed by atoms with Crippen LogP contribution in [0.3, 0.4) is 0 Å². The third kappa shape index (κ3) is 1.93. The Morgan fingerprint density at radius 2 is 1.38 bits per heavy atom. The monoisotopic (exact) mass is 290 g/mol. The summed E-state index contributed by atoms with van der Waals surface area (Å²) in [5.74, 6) is 4.75. The van der Waals surface area contributed by atoms with Crippen LogP contribution in [-0.4, -0.2) is 0 Å². The third-order valence-corrected chi connectivity index (χ3v) is 9.08. The first-order valence-electron chi connectivity index (χ1n) is 9.22. The van der Waals surface area contributed by atoms with E-state index in [2.05, 4.69) is 69.2 Å². The molecule has 0 bridgehead atoms. The van der Waals surface area contributed by atoms with Gasteiger partial charge in [-0.2, -0.15) is 0 Å². The topological polar surface area (TPSA) is 0 Å². The predicted molar refractivity (Wildman–Crippen MR) is 94.2 cm³/mol. The number of fused-ring (bicyclic) bond motifs is 1. The maximum Gasteiger partial charge on any atom is -0.00520 e. The second-order valence-corrected chi connectivity index (χ2v) is 9.01. The molecule has 2 rings (SSSR count). The van der Waals surface area contributed by atoms with Crippen molar-refractivity contribution in [2.75, 3.05) is 0 Å². The van der Waals surface area contributed by atoms with Gasteiger partial charge in [0.1, 0.15) is 0 Å². The molecule has 0 N–H and O–H groups in total. The van der Waals surface area contributed by atoms with Gasteiger partial charge in [-0.15, -0.1) is 0 Å². The third-order valence-electron chi connectivity index (χ3n) is 9.08. The molecule has 8 atom stereocenters. The zero-order valence-electron chi connectivity index (χ0n) is 16.2. The van der Waals surface area contributed by atoms with Crippen LogP contribution in [0.15, 0.2) is 11.1 Å². The predicted octanol–water partition coefficient (Wildman–Crippen LogP) is 6.57. The quantitative estimate of drug-likeness (QED) is 0.479. The van der Waals surface area contributed by atoms with Gasteiger partial charge >= 0.3 is 0 Å². The Labute approximate surface area is 133 Å². The van der Waals surface area contributed by atoms with Gasteiger partial charge in [-0.3, -0.25) is 0 Å². The van der Waals surface area contributed by atoms with Crippen LogP contribution in [0.2, 0.25) is 0 Å². The Morgan fingerprint density at radius 3 is 1.86 bits per heavy atom. The molecule has 0 heteroatoms. The second-order valence-electron chi connectivity index (χ2n) is 9.01. The minimum atomic E-state index is 0.382. The van der Waals surface area contributed by atoms with Crippen molar-refractivity contribution in [1.82, 2.24) is 0 Å². The lowest BCUT2D eigenvalue weighted by molar-refractivity contribution is -0.140. The van der Waals surface area contributed by atoms with E-state index in [0.717, 1.165) is 35.5 Å². The first-order valence-corrected chi connectivity index (χ1v) is 9.22. The lowest BCUT2D eigenvalue weighted by Crippen LogP contribution is -2.60. The minimum Gasteiger partial charge on any atom is -0.0707 e. The van der Waals surface area contributed by atoms with Crippen molar-refractivity contribution in [1.29, 1.82) is 0 Å². The van der Waals surface area contributed by atoms with Crippen molar-refractivity contribution in [2.45, 2.75) is 75.7 Å². The summed E-state index contributed by atoms with van der Waals surface area (Å²) < 4.78 is 0. The van der Waals surface area contributed by atoms with Crippen molar-refractivity contribution < 1.29 is 0 Å². The van der Waals surface area contributed by atoms with Crippen LogP contribution >= 0.6 is 0 Å². The molecule has 0 amide bonds. The summed E-state index contributed by atoms with van der Waals surface area (Å²) in [6, 6.07) is 0. The summed E-state index contributed by atoms with van der Waals surface area (Å²) in [7, 11) is 0. The normalized spacial score (nSPS) is 54.6. The van der Waals surface area contributed by atoms with Crippen molar-refractivity contribution in [2.24, 2.45) is 46.3 Å². The molecule has 0 aromatic heterocycles. The molecule has 2 aliphatic rings. The second kappa shape index (κ2) is 5.14. The van der Waals surface area contributed by atoms with Gasteiger partial charge in [0.15, 0.2) is 0 Å². The van der Waals surface area contributed by atoms with Gasteiger partial charge in [0.2, 0.25) is 0 Å². The maximum atomic E-state index is 2.60. The largest absolute Gasteiger partial charge is 0.0707 e. The lowest BCUT2D eigenvalue weighted by Gasteiger charge is -2.66. The average molecular weight is 291 g/mol. The Kier molecular flexibility index (Phi) is 4.18. The maximum absolute atomic E-state index is 2.60. The highest BCUT2D eigenvalue weighted by molar-refractivity contribution is 5.30. The molecule has 0 aliphatic heterocycles. The van der Waals surface area contributed by atoms with Gasteiger partial charge < -0.3 is 0 Å². The summed E-state index contributed by atoms with van der Waals surface area (Å²) in [6.45, 7) is 25.0. The van der Waals surface area contributed by atoms with E-state index >= 15 is 0 Å². The Balaban J connectivity index is 2.71. The Bertz CT molecular complexity index is 445. The number of rotatable bonds is 1. The van der Waals surface area contributed by atoms with Gasteiger partial charge in [-0.25, -0.2) is 0 Å². The molecule has 0 aromatic rings. The molecule has 0 spiro atoms. The molecular formula is C21H38. The number of hydrogen-bond acceptors (Lipinski definition) is 0. The standard InChI is InChI=1S/C21H38/c1-11-20(9)16(6)15(5)18(8)21(10)17(7)13(3)12(2)14(4)19(20)21/h12,14-16,18-19H,11H2,1-10H3/t12?,14?,15?,16?,18?,19?,20-,21+/m1/s1. The first kappa shape index (κ1) is 17.1. The summed E-state index contributed by atoms with van der Waals surface area (Å²) >= 11 is 0. The van der Waals surface area contributed by atoms with Crippen LogP contribution < -0.4 is 0 Å². The molecule has 0 saturated heterocycles.